The summed E-state index contributed by atoms with van der Waals surface area (Å²) in [4.78, 5) is 19.1. The summed E-state index contributed by atoms with van der Waals surface area (Å²) in [5.41, 5.74) is 15.4. The Bertz CT molecular complexity index is 2500. The maximum absolute atomic E-state index is 4.81. The molecule has 0 unspecified atom stereocenters. The van der Waals surface area contributed by atoms with E-state index < -0.39 is 0 Å². The summed E-state index contributed by atoms with van der Waals surface area (Å²) in [5, 5.41) is 2.26. The number of para-hydroxylation sites is 2. The highest BCUT2D eigenvalue weighted by atomic mass is 14.8. The lowest BCUT2D eigenvalue weighted by molar-refractivity contribution is 0.490. The predicted molar refractivity (Wildman–Crippen MR) is 221 cm³/mol. The van der Waals surface area contributed by atoms with Crippen molar-refractivity contribution in [3.05, 3.63) is 179 Å². The average molecular weight is 683 g/mol. The van der Waals surface area contributed by atoms with E-state index in [9.17, 15) is 0 Å². The zero-order chi connectivity index (χ0) is 35.8. The van der Waals surface area contributed by atoms with Crippen molar-refractivity contribution in [2.45, 2.75) is 32.1 Å². The second kappa shape index (κ2) is 13.6. The normalized spacial score (nSPS) is 13.2. The largest absolute Gasteiger partial charge is 0.254 e. The maximum atomic E-state index is 4.81. The molecule has 0 amide bonds. The van der Waals surface area contributed by atoms with E-state index >= 15 is 0 Å². The second-order valence-electron chi connectivity index (χ2n) is 13.8. The summed E-state index contributed by atoms with van der Waals surface area (Å²) in [6, 6.07) is 46.8. The van der Waals surface area contributed by atoms with Crippen LogP contribution in [0.1, 0.15) is 60.1 Å². The molecule has 0 saturated carbocycles. The molecule has 4 aromatic heterocycles. The van der Waals surface area contributed by atoms with Gasteiger partial charge in [0, 0.05) is 28.6 Å². The van der Waals surface area contributed by atoms with Crippen molar-refractivity contribution in [1.29, 1.82) is 0 Å². The minimum absolute atomic E-state index is 0.0372. The van der Waals surface area contributed by atoms with Crippen molar-refractivity contribution >= 4 is 46.1 Å². The first-order chi connectivity index (χ1) is 26.1. The summed E-state index contributed by atoms with van der Waals surface area (Å²) in [5.74, 6) is 0. The molecule has 254 valence electrons. The van der Waals surface area contributed by atoms with E-state index in [0.29, 0.717) is 0 Å². The maximum Gasteiger partial charge on any atom is 0.0893 e. The van der Waals surface area contributed by atoms with Gasteiger partial charge in [-0.2, -0.15) is 0 Å². The Balaban J connectivity index is 0.937. The molecule has 0 atom stereocenters. The monoisotopic (exact) mass is 682 g/mol. The molecular weight excluding hydrogens is 645 g/mol. The van der Waals surface area contributed by atoms with Crippen LogP contribution >= 0.6 is 0 Å². The molecule has 0 radical (unpaired) electrons. The number of hydrogen-bond acceptors (Lipinski definition) is 4. The Morgan fingerprint density at radius 2 is 0.849 bits per heavy atom. The van der Waals surface area contributed by atoms with Crippen LogP contribution in [0.4, 0.5) is 0 Å². The van der Waals surface area contributed by atoms with Gasteiger partial charge in [0.1, 0.15) is 0 Å². The number of aromatic nitrogens is 4. The van der Waals surface area contributed by atoms with E-state index in [-0.39, 0.29) is 5.41 Å². The zero-order valence-electron chi connectivity index (χ0n) is 29.9. The first-order valence-electron chi connectivity index (χ1n) is 18.4. The molecule has 4 heteroatoms. The Kier molecular flexibility index (Phi) is 8.28. The quantitative estimate of drug-likeness (QED) is 0.160. The highest BCUT2D eigenvalue weighted by Crippen LogP contribution is 2.53. The Morgan fingerprint density at radius 1 is 0.434 bits per heavy atom. The molecule has 0 fully saturated rings. The summed E-state index contributed by atoms with van der Waals surface area (Å²) in [6.45, 7) is 4.64. The van der Waals surface area contributed by atoms with Gasteiger partial charge in [-0.1, -0.05) is 135 Å². The molecule has 4 heterocycles. The Morgan fingerprint density at radius 3 is 1.28 bits per heavy atom. The van der Waals surface area contributed by atoms with E-state index in [0.717, 1.165) is 68.6 Å². The highest BCUT2D eigenvalue weighted by Gasteiger charge is 2.40. The van der Waals surface area contributed by atoms with Gasteiger partial charge in [-0.05, 0) is 93.7 Å². The molecule has 53 heavy (non-hydrogen) atoms. The average Bonchev–Trinajstić information content (AvgIpc) is 3.50. The molecule has 0 aliphatic heterocycles. The lowest BCUT2D eigenvalue weighted by Crippen LogP contribution is -2.23. The van der Waals surface area contributed by atoms with Crippen LogP contribution in [0.15, 0.2) is 146 Å². The molecule has 1 aliphatic rings. The number of benzene rings is 4. The molecule has 0 saturated heterocycles. The molecule has 8 aromatic rings. The van der Waals surface area contributed by atoms with E-state index in [4.69, 9.17) is 19.9 Å². The number of nitrogens with zero attached hydrogens (tertiary/aromatic N) is 4. The van der Waals surface area contributed by atoms with Gasteiger partial charge in [-0.15, -0.1) is 0 Å². The van der Waals surface area contributed by atoms with Gasteiger partial charge in [-0.3, -0.25) is 9.97 Å². The van der Waals surface area contributed by atoms with Crippen LogP contribution < -0.4 is 0 Å². The summed E-state index contributed by atoms with van der Waals surface area (Å²) >= 11 is 0. The summed E-state index contributed by atoms with van der Waals surface area (Å²) in [6.07, 6.45) is 14.6. The van der Waals surface area contributed by atoms with E-state index in [1.54, 1.807) is 0 Å². The lowest BCUT2D eigenvalue weighted by atomic mass is 9.73. The van der Waals surface area contributed by atoms with Crippen molar-refractivity contribution in [1.82, 2.24) is 19.9 Å². The fraction of sp³-hybridized carbons (Fsp3) is 0.102. The van der Waals surface area contributed by atoms with Gasteiger partial charge in [0.05, 0.1) is 33.8 Å². The summed E-state index contributed by atoms with van der Waals surface area (Å²) in [7, 11) is 0. The molecular formula is C49H38N4. The standard InChI is InChI=1S/C49H38N4/c1-3-49(4-2)41-29-33(13-15-35-19-25-45(50-31-35)47-27-21-37-9-5-7-11-43(37)52-47)17-23-39(41)40-24-18-34(30-42(40)49)14-16-36-20-26-46(51-32-36)48-28-22-38-10-6-8-12-44(38)53-48/h5-32H,3-4H2,1-2H3/b15-13+,16-14+. The van der Waals surface area contributed by atoms with E-state index in [1.165, 1.54) is 33.4 Å². The first-order valence-corrected chi connectivity index (χ1v) is 18.4. The number of fused-ring (bicyclic) bond motifs is 5. The Labute approximate surface area is 310 Å². The van der Waals surface area contributed by atoms with Crippen LogP contribution in [0.5, 0.6) is 0 Å². The molecule has 9 rings (SSSR count). The zero-order valence-corrected chi connectivity index (χ0v) is 29.9. The van der Waals surface area contributed by atoms with Crippen molar-refractivity contribution in [2.75, 3.05) is 0 Å². The highest BCUT2D eigenvalue weighted by molar-refractivity contribution is 5.86. The number of pyridine rings is 4. The summed E-state index contributed by atoms with van der Waals surface area (Å²) < 4.78 is 0. The number of rotatable bonds is 8. The SMILES string of the molecule is CCC1(CC)c2cc(/C=C/c3ccc(-c4ccc5ccccc5n4)nc3)ccc2-c2ccc(/C=C/c3ccc(-c4ccc5ccccc5n4)nc3)cc21. The fourth-order valence-electron chi connectivity index (χ4n) is 7.86. The van der Waals surface area contributed by atoms with Gasteiger partial charge >= 0.3 is 0 Å². The van der Waals surface area contributed by atoms with Crippen LogP contribution in [0.25, 0.3) is 80.0 Å². The van der Waals surface area contributed by atoms with Gasteiger partial charge in [0.2, 0.25) is 0 Å². The van der Waals surface area contributed by atoms with Gasteiger partial charge in [0.25, 0.3) is 0 Å². The molecule has 0 N–H and O–H groups in total. The van der Waals surface area contributed by atoms with Crippen LogP contribution in [0.3, 0.4) is 0 Å². The van der Waals surface area contributed by atoms with Crippen LogP contribution in [0.2, 0.25) is 0 Å². The van der Waals surface area contributed by atoms with Crippen LogP contribution in [0, 0.1) is 0 Å². The van der Waals surface area contributed by atoms with Crippen molar-refractivity contribution < 1.29 is 0 Å². The fourth-order valence-corrected chi connectivity index (χ4v) is 7.86. The minimum Gasteiger partial charge on any atom is -0.254 e. The molecule has 0 bridgehead atoms. The van der Waals surface area contributed by atoms with E-state index in [1.807, 2.05) is 60.9 Å². The van der Waals surface area contributed by atoms with Crippen molar-refractivity contribution in [3.8, 4) is 33.9 Å². The third-order valence-electron chi connectivity index (χ3n) is 10.8. The predicted octanol–water partition coefficient (Wildman–Crippen LogP) is 12.3. The molecule has 4 nitrogen and oxygen atoms in total. The van der Waals surface area contributed by atoms with Gasteiger partial charge in [0.15, 0.2) is 0 Å². The second-order valence-corrected chi connectivity index (χ2v) is 13.8. The van der Waals surface area contributed by atoms with Crippen LogP contribution in [-0.2, 0) is 5.41 Å². The lowest BCUT2D eigenvalue weighted by Gasteiger charge is -2.30. The van der Waals surface area contributed by atoms with E-state index in [2.05, 4.69) is 123 Å². The van der Waals surface area contributed by atoms with Gasteiger partial charge < -0.3 is 0 Å². The first kappa shape index (κ1) is 32.4. The van der Waals surface area contributed by atoms with Gasteiger partial charge in [-0.25, -0.2) is 9.97 Å². The smallest absolute Gasteiger partial charge is 0.0893 e. The molecule has 0 spiro atoms. The third kappa shape index (κ3) is 6.02. The Hall–Kier alpha value is -6.52. The van der Waals surface area contributed by atoms with Crippen LogP contribution in [-0.4, -0.2) is 19.9 Å². The third-order valence-corrected chi connectivity index (χ3v) is 10.8. The van der Waals surface area contributed by atoms with Crippen molar-refractivity contribution in [2.24, 2.45) is 0 Å². The molecule has 1 aliphatic carbocycles. The topological polar surface area (TPSA) is 51.6 Å². The van der Waals surface area contributed by atoms with Crippen molar-refractivity contribution in [3.63, 3.8) is 0 Å². The minimum atomic E-state index is -0.0372. The molecule has 4 aromatic carbocycles. The number of hydrogen-bond donors (Lipinski definition) is 0.